The third kappa shape index (κ3) is 8.91. The first-order valence-corrected chi connectivity index (χ1v) is 16.7. The smallest absolute Gasteiger partial charge is 0.225 e. The lowest BCUT2D eigenvalue weighted by Gasteiger charge is -2.40. The van der Waals surface area contributed by atoms with Crippen LogP contribution in [-0.2, 0) is 20.9 Å². The second-order valence-corrected chi connectivity index (χ2v) is 13.7. The third-order valence-corrected chi connectivity index (χ3v) is 9.79. The summed E-state index contributed by atoms with van der Waals surface area (Å²) in [5, 5.41) is 7.12. The molecule has 45 heavy (non-hydrogen) atoms. The molecule has 2 saturated heterocycles. The molecule has 1 amide bonds. The lowest BCUT2D eigenvalue weighted by atomic mass is 9.77. The average Bonchev–Trinajstić information content (AvgIpc) is 3.05. The number of benzene rings is 2. The second kappa shape index (κ2) is 15.6. The molecular formula is C36H54N4O5. The highest BCUT2D eigenvalue weighted by molar-refractivity contribution is 5.82. The van der Waals surface area contributed by atoms with Crippen LogP contribution < -0.4 is 25.0 Å². The molecule has 3 aliphatic heterocycles. The number of methoxy groups -OCH3 is 2. The molecule has 2 aromatic carbocycles. The summed E-state index contributed by atoms with van der Waals surface area (Å²) in [6.07, 6.45) is 4.67. The molecule has 2 aromatic rings. The fourth-order valence-electron chi connectivity index (χ4n) is 6.98. The van der Waals surface area contributed by atoms with E-state index in [1.807, 2.05) is 12.1 Å². The number of carbonyl (C=O) groups excluding carboxylic acids is 1. The van der Waals surface area contributed by atoms with E-state index in [1.165, 1.54) is 5.56 Å². The van der Waals surface area contributed by atoms with Gasteiger partial charge in [-0.2, -0.15) is 0 Å². The minimum atomic E-state index is -0.473. The number of ether oxygens (including phenoxy) is 4. The van der Waals surface area contributed by atoms with Crippen LogP contribution >= 0.6 is 0 Å². The molecule has 5 rings (SSSR count). The molecule has 3 atom stereocenters. The zero-order valence-electron chi connectivity index (χ0n) is 28.0. The third-order valence-electron chi connectivity index (χ3n) is 9.79. The molecular weight excluding hydrogens is 568 g/mol. The summed E-state index contributed by atoms with van der Waals surface area (Å²) in [6.45, 7) is 10.8. The fraction of sp³-hybridized carbons (Fsp3) is 0.639. The van der Waals surface area contributed by atoms with Crippen LogP contribution in [-0.4, -0.2) is 96.2 Å². The number of rotatable bonds is 13. The van der Waals surface area contributed by atoms with E-state index in [-0.39, 0.29) is 30.0 Å². The highest BCUT2D eigenvalue weighted by Gasteiger charge is 2.38. The molecule has 3 aliphatic rings. The van der Waals surface area contributed by atoms with Crippen LogP contribution in [0.15, 0.2) is 42.5 Å². The Labute approximate surface area is 269 Å². The molecule has 0 bridgehead atoms. The predicted octanol–water partition coefficient (Wildman–Crippen LogP) is 4.59. The number of nitrogens with zero attached hydrogens (tertiary/aromatic N) is 2. The summed E-state index contributed by atoms with van der Waals surface area (Å²) in [5.74, 6) is 2.13. The summed E-state index contributed by atoms with van der Waals surface area (Å²) < 4.78 is 23.4. The van der Waals surface area contributed by atoms with Gasteiger partial charge in [0.1, 0.15) is 18.1 Å². The zero-order chi connectivity index (χ0) is 31.8. The van der Waals surface area contributed by atoms with Crippen molar-refractivity contribution in [2.24, 2.45) is 5.41 Å². The lowest BCUT2D eigenvalue weighted by molar-refractivity contribution is -0.131. The monoisotopic (exact) mass is 622 g/mol. The van der Waals surface area contributed by atoms with E-state index in [1.54, 1.807) is 14.2 Å². The molecule has 2 unspecified atom stereocenters. The first-order valence-electron chi connectivity index (χ1n) is 16.7. The Morgan fingerprint density at radius 2 is 1.87 bits per heavy atom. The number of anilines is 1. The first-order chi connectivity index (χ1) is 21.8. The Morgan fingerprint density at radius 1 is 1.09 bits per heavy atom. The van der Waals surface area contributed by atoms with E-state index in [4.69, 9.17) is 18.9 Å². The lowest BCUT2D eigenvalue weighted by Crippen LogP contribution is -2.52. The molecule has 0 radical (unpaired) electrons. The number of nitrogens with one attached hydrogen (secondary N) is 2. The van der Waals surface area contributed by atoms with Gasteiger partial charge in [-0.05, 0) is 87.6 Å². The molecule has 0 spiro atoms. The quantitative estimate of drug-likeness (QED) is 0.314. The van der Waals surface area contributed by atoms with E-state index in [2.05, 4.69) is 71.7 Å². The van der Waals surface area contributed by atoms with Crippen molar-refractivity contribution < 1.29 is 23.7 Å². The Hall–Kier alpha value is -2.85. The standard InChI is InChI=1S/C36H54N4O5/c1-36(2,35(41)38-28-13-16-39(3)17-14-28)23-29-22-31(27-8-10-30(43-5)11-9-27)34(24-37-29)45-25-26-7-12-33-32(21-26)40(18-20-44-33)15-6-19-42-4/h7-12,21,28-29,31,34,37H,6,13-20,22-25H2,1-5H3,(H,38,41)/t29?,31?,34-/m0/s1. The van der Waals surface area contributed by atoms with Gasteiger partial charge in [-0.25, -0.2) is 0 Å². The molecule has 9 nitrogen and oxygen atoms in total. The van der Waals surface area contributed by atoms with E-state index in [9.17, 15) is 4.79 Å². The van der Waals surface area contributed by atoms with Crippen molar-refractivity contribution >= 4 is 11.6 Å². The van der Waals surface area contributed by atoms with Gasteiger partial charge in [-0.3, -0.25) is 4.79 Å². The number of amides is 1. The molecule has 9 heteroatoms. The predicted molar refractivity (Wildman–Crippen MR) is 178 cm³/mol. The van der Waals surface area contributed by atoms with Crippen molar-refractivity contribution in [3.63, 3.8) is 0 Å². The first kappa shape index (κ1) is 33.5. The Morgan fingerprint density at radius 3 is 2.60 bits per heavy atom. The van der Waals surface area contributed by atoms with Crippen LogP contribution in [0.1, 0.15) is 63.0 Å². The summed E-state index contributed by atoms with van der Waals surface area (Å²) in [4.78, 5) is 18.1. The number of hydrogen-bond donors (Lipinski definition) is 2. The van der Waals surface area contributed by atoms with Crippen molar-refractivity contribution in [1.29, 1.82) is 0 Å². The summed E-state index contributed by atoms with van der Waals surface area (Å²) >= 11 is 0. The minimum absolute atomic E-state index is 0.00380. The number of carbonyl (C=O) groups is 1. The Balaban J connectivity index is 1.24. The molecule has 248 valence electrons. The maximum absolute atomic E-state index is 13.4. The summed E-state index contributed by atoms with van der Waals surface area (Å²) in [5.41, 5.74) is 3.04. The number of hydrogen-bond acceptors (Lipinski definition) is 8. The van der Waals surface area contributed by atoms with Gasteiger partial charge in [0.25, 0.3) is 0 Å². The topological polar surface area (TPSA) is 84.5 Å². The van der Waals surface area contributed by atoms with Crippen molar-refractivity contribution in [2.75, 3.05) is 72.1 Å². The van der Waals surface area contributed by atoms with E-state index >= 15 is 0 Å². The zero-order valence-corrected chi connectivity index (χ0v) is 28.0. The van der Waals surface area contributed by atoms with Gasteiger partial charge < -0.3 is 39.4 Å². The van der Waals surface area contributed by atoms with Crippen LogP contribution in [0.5, 0.6) is 11.5 Å². The second-order valence-electron chi connectivity index (χ2n) is 13.7. The van der Waals surface area contributed by atoms with Gasteiger partial charge in [-0.1, -0.05) is 32.0 Å². The highest BCUT2D eigenvalue weighted by Crippen LogP contribution is 2.37. The normalized spacial score (nSPS) is 22.9. The maximum Gasteiger partial charge on any atom is 0.225 e. The van der Waals surface area contributed by atoms with Crippen molar-refractivity contribution in [3.8, 4) is 11.5 Å². The molecule has 2 fully saturated rings. The van der Waals surface area contributed by atoms with Crippen LogP contribution in [0.2, 0.25) is 0 Å². The molecule has 0 aromatic heterocycles. The van der Waals surface area contributed by atoms with E-state index in [0.29, 0.717) is 13.2 Å². The largest absolute Gasteiger partial charge is 0.497 e. The Kier molecular flexibility index (Phi) is 11.6. The van der Waals surface area contributed by atoms with Gasteiger partial charge in [0.15, 0.2) is 0 Å². The van der Waals surface area contributed by atoms with E-state index in [0.717, 1.165) is 94.2 Å². The Bertz CT molecular complexity index is 1230. The van der Waals surface area contributed by atoms with Crippen LogP contribution in [0.3, 0.4) is 0 Å². The average molecular weight is 623 g/mol. The minimum Gasteiger partial charge on any atom is -0.497 e. The fourth-order valence-corrected chi connectivity index (χ4v) is 6.98. The molecule has 3 heterocycles. The van der Waals surface area contributed by atoms with Gasteiger partial charge in [-0.15, -0.1) is 0 Å². The van der Waals surface area contributed by atoms with Crippen LogP contribution in [0, 0.1) is 5.41 Å². The highest BCUT2D eigenvalue weighted by atomic mass is 16.5. The van der Waals surface area contributed by atoms with Crippen molar-refractivity contribution in [3.05, 3.63) is 53.6 Å². The van der Waals surface area contributed by atoms with Crippen LogP contribution in [0.25, 0.3) is 0 Å². The maximum atomic E-state index is 13.4. The molecule has 0 saturated carbocycles. The van der Waals surface area contributed by atoms with Crippen LogP contribution in [0.4, 0.5) is 5.69 Å². The summed E-state index contributed by atoms with van der Waals surface area (Å²) in [6, 6.07) is 15.3. The number of likely N-dealkylation sites (tertiary alicyclic amines) is 1. The van der Waals surface area contributed by atoms with Gasteiger partial charge in [0.05, 0.1) is 32.1 Å². The van der Waals surface area contributed by atoms with Gasteiger partial charge in [0.2, 0.25) is 5.91 Å². The van der Waals surface area contributed by atoms with Gasteiger partial charge >= 0.3 is 0 Å². The van der Waals surface area contributed by atoms with Gasteiger partial charge in [0, 0.05) is 50.2 Å². The van der Waals surface area contributed by atoms with Crippen molar-refractivity contribution in [1.82, 2.24) is 15.5 Å². The molecule has 0 aliphatic carbocycles. The summed E-state index contributed by atoms with van der Waals surface area (Å²) in [7, 11) is 5.59. The SMILES string of the molecule is COCCCN1CCOc2ccc(CO[C@H]3CNC(CC(C)(C)C(=O)NC4CCN(C)CC4)CC3c3ccc(OC)cc3)cc21. The van der Waals surface area contributed by atoms with E-state index < -0.39 is 5.41 Å². The number of fused-ring (bicyclic) bond motifs is 1. The molecule has 2 N–H and O–H groups in total. The van der Waals surface area contributed by atoms with Crippen molar-refractivity contribution in [2.45, 2.75) is 76.7 Å². The number of piperidine rings is 2.